The molecule has 0 aromatic rings. The molecule has 1 fully saturated rings. The molecule has 1 N–H and O–H groups in total. The predicted octanol–water partition coefficient (Wildman–Crippen LogP) is 1.26. The number of ether oxygens (including phenoxy) is 1. The van der Waals surface area contributed by atoms with E-state index >= 15 is 0 Å². The summed E-state index contributed by atoms with van der Waals surface area (Å²) in [7, 11) is 1.68. The Labute approximate surface area is 105 Å². The third-order valence-corrected chi connectivity index (χ3v) is 3.46. The first kappa shape index (κ1) is 14.5. The number of rotatable bonds is 6. The number of nitrogens with zero attached hydrogens (tertiary/aromatic N) is 1. The molecule has 1 aliphatic heterocycles. The molecule has 0 aromatic carbocycles. The molecule has 100 valence electrons. The lowest BCUT2D eigenvalue weighted by molar-refractivity contribution is -0.133. The molecule has 2 unspecified atom stereocenters. The van der Waals surface area contributed by atoms with Crippen LogP contribution in [0.15, 0.2) is 0 Å². The van der Waals surface area contributed by atoms with E-state index in [1.165, 1.54) is 0 Å². The highest BCUT2D eigenvalue weighted by Gasteiger charge is 2.27. The third kappa shape index (κ3) is 4.64. The Morgan fingerprint density at radius 1 is 1.53 bits per heavy atom. The van der Waals surface area contributed by atoms with Gasteiger partial charge in [-0.2, -0.15) is 0 Å². The number of nitrogens with one attached hydrogen (secondary N) is 1. The molecule has 1 aliphatic rings. The van der Waals surface area contributed by atoms with Gasteiger partial charge in [0.2, 0.25) is 5.91 Å². The van der Waals surface area contributed by atoms with Gasteiger partial charge in [-0.1, -0.05) is 13.8 Å². The van der Waals surface area contributed by atoms with Crippen molar-refractivity contribution in [3.63, 3.8) is 0 Å². The average Bonchev–Trinajstić information content (AvgIpc) is 2.32. The lowest BCUT2D eigenvalue weighted by Gasteiger charge is -2.37. The monoisotopic (exact) mass is 242 g/mol. The molecule has 2 atom stereocenters. The first-order valence-electron chi connectivity index (χ1n) is 6.69. The van der Waals surface area contributed by atoms with Crippen molar-refractivity contribution < 1.29 is 9.53 Å². The fraction of sp³-hybridized carbons (Fsp3) is 0.923. The minimum atomic E-state index is 0.281. The normalized spacial score (nSPS) is 25.0. The minimum Gasteiger partial charge on any atom is -0.385 e. The Hall–Kier alpha value is -0.610. The minimum absolute atomic E-state index is 0.281. The highest BCUT2D eigenvalue weighted by atomic mass is 16.5. The largest absolute Gasteiger partial charge is 0.385 e. The number of carbonyl (C=O) groups excluding carboxylic acids is 1. The molecular formula is C13H26N2O2. The second-order valence-electron chi connectivity index (χ2n) is 4.87. The predicted molar refractivity (Wildman–Crippen MR) is 68.9 cm³/mol. The van der Waals surface area contributed by atoms with E-state index in [2.05, 4.69) is 19.2 Å². The molecule has 0 saturated carbocycles. The maximum absolute atomic E-state index is 11.9. The van der Waals surface area contributed by atoms with Crippen LogP contribution in [0.25, 0.3) is 0 Å². The van der Waals surface area contributed by atoms with Crippen molar-refractivity contribution in [3.05, 3.63) is 0 Å². The Morgan fingerprint density at radius 2 is 2.29 bits per heavy atom. The van der Waals surface area contributed by atoms with Crippen molar-refractivity contribution in [1.82, 2.24) is 10.2 Å². The zero-order chi connectivity index (χ0) is 12.7. The number of likely N-dealkylation sites (tertiary alicyclic amines) is 1. The second-order valence-corrected chi connectivity index (χ2v) is 4.87. The molecule has 4 nitrogen and oxygen atoms in total. The summed E-state index contributed by atoms with van der Waals surface area (Å²) in [6.45, 7) is 7.83. The van der Waals surface area contributed by atoms with Crippen molar-refractivity contribution in [1.29, 1.82) is 0 Å². The molecule has 17 heavy (non-hydrogen) atoms. The van der Waals surface area contributed by atoms with Crippen LogP contribution in [0.1, 0.15) is 33.1 Å². The van der Waals surface area contributed by atoms with Gasteiger partial charge in [0.25, 0.3) is 0 Å². The van der Waals surface area contributed by atoms with Gasteiger partial charge in [0.1, 0.15) is 0 Å². The van der Waals surface area contributed by atoms with Gasteiger partial charge in [-0.15, -0.1) is 0 Å². The highest BCUT2D eigenvalue weighted by molar-refractivity contribution is 5.76. The van der Waals surface area contributed by atoms with E-state index in [0.29, 0.717) is 25.0 Å². The smallest absolute Gasteiger partial charge is 0.222 e. The maximum Gasteiger partial charge on any atom is 0.222 e. The van der Waals surface area contributed by atoms with E-state index in [0.717, 1.165) is 32.5 Å². The van der Waals surface area contributed by atoms with Gasteiger partial charge in [0.05, 0.1) is 0 Å². The van der Waals surface area contributed by atoms with Crippen molar-refractivity contribution in [2.24, 2.45) is 5.92 Å². The van der Waals surface area contributed by atoms with Crippen LogP contribution in [-0.4, -0.2) is 50.2 Å². The molecule has 0 spiro atoms. The van der Waals surface area contributed by atoms with E-state index in [-0.39, 0.29) is 5.91 Å². The van der Waals surface area contributed by atoms with Crippen LogP contribution in [0.5, 0.6) is 0 Å². The second kappa shape index (κ2) is 7.67. The number of piperidine rings is 1. The summed E-state index contributed by atoms with van der Waals surface area (Å²) in [4.78, 5) is 13.9. The Balaban J connectivity index is 2.30. The fourth-order valence-corrected chi connectivity index (χ4v) is 2.46. The van der Waals surface area contributed by atoms with Crippen molar-refractivity contribution in [3.8, 4) is 0 Å². The standard InChI is InChI=1S/C13H26N2O2/c1-4-14-12-7-8-15(10-11(12)2)13(16)6-5-9-17-3/h11-12,14H,4-10H2,1-3H3. The number of hydrogen-bond donors (Lipinski definition) is 1. The van der Waals surface area contributed by atoms with Crippen molar-refractivity contribution in [2.75, 3.05) is 33.4 Å². The number of hydrogen-bond acceptors (Lipinski definition) is 3. The lowest BCUT2D eigenvalue weighted by Crippen LogP contribution is -2.50. The summed E-state index contributed by atoms with van der Waals surface area (Å²) < 4.78 is 4.97. The highest BCUT2D eigenvalue weighted by Crippen LogP contribution is 2.17. The lowest BCUT2D eigenvalue weighted by atomic mass is 9.93. The van der Waals surface area contributed by atoms with Crippen LogP contribution in [0.4, 0.5) is 0 Å². The zero-order valence-corrected chi connectivity index (χ0v) is 11.4. The Kier molecular flexibility index (Phi) is 6.52. The van der Waals surface area contributed by atoms with Crippen molar-refractivity contribution >= 4 is 5.91 Å². The molecule has 0 aliphatic carbocycles. The summed E-state index contributed by atoms with van der Waals surface area (Å²) in [5.74, 6) is 0.832. The number of amides is 1. The van der Waals surface area contributed by atoms with Crippen LogP contribution >= 0.6 is 0 Å². The average molecular weight is 242 g/mol. The molecule has 1 rings (SSSR count). The van der Waals surface area contributed by atoms with Crippen LogP contribution < -0.4 is 5.32 Å². The van der Waals surface area contributed by atoms with Crippen LogP contribution in [0.2, 0.25) is 0 Å². The summed E-state index contributed by atoms with van der Waals surface area (Å²) >= 11 is 0. The molecule has 0 bridgehead atoms. The van der Waals surface area contributed by atoms with Crippen molar-refractivity contribution in [2.45, 2.75) is 39.2 Å². The van der Waals surface area contributed by atoms with E-state index in [1.54, 1.807) is 7.11 Å². The Morgan fingerprint density at radius 3 is 2.88 bits per heavy atom. The quantitative estimate of drug-likeness (QED) is 0.713. The maximum atomic E-state index is 11.9. The molecule has 0 radical (unpaired) electrons. The van der Waals surface area contributed by atoms with E-state index in [4.69, 9.17) is 4.74 Å². The fourth-order valence-electron chi connectivity index (χ4n) is 2.46. The van der Waals surface area contributed by atoms with E-state index in [9.17, 15) is 4.79 Å². The summed E-state index contributed by atoms with van der Waals surface area (Å²) in [6, 6.07) is 0.572. The van der Waals surface area contributed by atoms with Gasteiger partial charge in [0.15, 0.2) is 0 Å². The van der Waals surface area contributed by atoms with Gasteiger partial charge in [-0.05, 0) is 25.3 Å². The number of carbonyl (C=O) groups is 1. The van der Waals surface area contributed by atoms with Gasteiger partial charge in [0, 0.05) is 39.3 Å². The van der Waals surface area contributed by atoms with Gasteiger partial charge in [-0.25, -0.2) is 0 Å². The topological polar surface area (TPSA) is 41.6 Å². The molecule has 4 heteroatoms. The summed E-state index contributed by atoms with van der Waals surface area (Å²) in [5, 5.41) is 3.49. The third-order valence-electron chi connectivity index (χ3n) is 3.46. The summed E-state index contributed by atoms with van der Waals surface area (Å²) in [5.41, 5.74) is 0. The van der Waals surface area contributed by atoms with E-state index < -0.39 is 0 Å². The SMILES string of the molecule is CCNC1CCN(C(=O)CCCOC)CC1C. The van der Waals surface area contributed by atoms with Gasteiger partial charge >= 0.3 is 0 Å². The first-order valence-corrected chi connectivity index (χ1v) is 6.69. The van der Waals surface area contributed by atoms with Crippen LogP contribution in [-0.2, 0) is 9.53 Å². The number of methoxy groups -OCH3 is 1. The molecule has 1 amide bonds. The zero-order valence-electron chi connectivity index (χ0n) is 11.4. The molecule has 1 saturated heterocycles. The first-order chi connectivity index (χ1) is 8.19. The van der Waals surface area contributed by atoms with Gasteiger partial charge < -0.3 is 15.0 Å². The molecular weight excluding hydrogens is 216 g/mol. The van der Waals surface area contributed by atoms with Crippen LogP contribution in [0.3, 0.4) is 0 Å². The van der Waals surface area contributed by atoms with Gasteiger partial charge in [-0.3, -0.25) is 4.79 Å². The molecule has 1 heterocycles. The van der Waals surface area contributed by atoms with E-state index in [1.807, 2.05) is 4.90 Å². The Bertz CT molecular complexity index is 233. The summed E-state index contributed by atoms with van der Waals surface area (Å²) in [6.07, 6.45) is 2.52. The van der Waals surface area contributed by atoms with Crippen LogP contribution in [0, 0.1) is 5.92 Å². The molecule has 0 aromatic heterocycles.